The summed E-state index contributed by atoms with van der Waals surface area (Å²) >= 11 is 0. The zero-order valence-corrected chi connectivity index (χ0v) is 7.93. The molecular formula is H4O8S2Ti. The van der Waals surface area contributed by atoms with Crippen LogP contribution in [-0.4, -0.2) is 35.0 Å². The molecule has 68 valence electrons. The van der Waals surface area contributed by atoms with Crippen molar-refractivity contribution < 1.29 is 56.8 Å². The van der Waals surface area contributed by atoms with Crippen LogP contribution in [-0.2, 0) is 42.5 Å². The first-order valence-corrected chi connectivity index (χ1v) is 4.19. The summed E-state index contributed by atoms with van der Waals surface area (Å²) in [4.78, 5) is 0. The van der Waals surface area contributed by atoms with Gasteiger partial charge >= 0.3 is 20.8 Å². The molecule has 0 aromatic heterocycles. The predicted octanol–water partition coefficient (Wildman–Crippen LogP) is -1.31. The van der Waals surface area contributed by atoms with E-state index in [1.54, 1.807) is 0 Å². The van der Waals surface area contributed by atoms with Gasteiger partial charge in [0.05, 0.1) is 0 Å². The summed E-state index contributed by atoms with van der Waals surface area (Å²) in [5, 5.41) is 0. The van der Waals surface area contributed by atoms with E-state index in [0.717, 1.165) is 0 Å². The van der Waals surface area contributed by atoms with Crippen LogP contribution in [0.4, 0.5) is 0 Å². The third-order valence-electron chi connectivity index (χ3n) is 0. The van der Waals surface area contributed by atoms with E-state index in [4.69, 9.17) is 35.0 Å². The molecule has 0 atom stereocenters. The SMILES string of the molecule is O=S(=O)(O)O.O=S(=O)(O)O.[Ti]. The van der Waals surface area contributed by atoms with Gasteiger partial charge in [0.1, 0.15) is 0 Å². The molecule has 0 spiro atoms. The van der Waals surface area contributed by atoms with Crippen molar-refractivity contribution in [1.82, 2.24) is 0 Å². The van der Waals surface area contributed by atoms with Crippen LogP contribution in [0.2, 0.25) is 0 Å². The van der Waals surface area contributed by atoms with E-state index in [1.165, 1.54) is 0 Å². The normalized spacial score (nSPS) is 10.5. The number of hydrogen-bond acceptors (Lipinski definition) is 4. The Hall–Kier alpha value is 0.454. The molecule has 0 radical (unpaired) electrons. The molecule has 11 heavy (non-hydrogen) atoms. The Balaban J connectivity index is -0.000000107. The average Bonchev–Trinajstić information content (AvgIpc) is 1.12. The van der Waals surface area contributed by atoms with Crippen molar-refractivity contribution in [2.75, 3.05) is 0 Å². The quantitative estimate of drug-likeness (QED) is 0.303. The second kappa shape index (κ2) is 6.02. The Morgan fingerprint density at radius 2 is 0.636 bits per heavy atom. The summed E-state index contributed by atoms with van der Waals surface area (Å²) in [6.45, 7) is 0. The van der Waals surface area contributed by atoms with Crippen LogP contribution in [0, 0.1) is 0 Å². The number of rotatable bonds is 0. The van der Waals surface area contributed by atoms with Crippen LogP contribution in [0.3, 0.4) is 0 Å². The molecule has 0 amide bonds. The summed E-state index contributed by atoms with van der Waals surface area (Å²) in [5.41, 5.74) is 0. The van der Waals surface area contributed by atoms with Gasteiger partial charge in [0.25, 0.3) is 0 Å². The molecule has 8 nitrogen and oxygen atoms in total. The molecule has 0 rings (SSSR count). The van der Waals surface area contributed by atoms with Crippen LogP contribution < -0.4 is 0 Å². The van der Waals surface area contributed by atoms with Crippen molar-refractivity contribution in [2.24, 2.45) is 0 Å². The predicted molar refractivity (Wildman–Crippen MR) is 28.4 cm³/mol. The molecule has 0 saturated heterocycles. The van der Waals surface area contributed by atoms with Gasteiger partial charge in [-0.05, 0) is 0 Å². The topological polar surface area (TPSA) is 149 Å². The number of hydrogen-bond donors (Lipinski definition) is 4. The Bertz CT molecular complexity index is 208. The monoisotopic (exact) mass is 244 g/mol. The largest absolute Gasteiger partial charge is 0.394 e. The Labute approximate surface area is 77.7 Å². The van der Waals surface area contributed by atoms with Gasteiger partial charge in [-0.25, -0.2) is 0 Å². The maximum absolute atomic E-state index is 8.74. The van der Waals surface area contributed by atoms with Gasteiger partial charge in [-0.1, -0.05) is 0 Å². The minimum absolute atomic E-state index is 0. The average molecular weight is 244 g/mol. The van der Waals surface area contributed by atoms with Crippen molar-refractivity contribution in [3.8, 4) is 0 Å². The van der Waals surface area contributed by atoms with Crippen LogP contribution in [0.25, 0.3) is 0 Å². The molecule has 0 unspecified atom stereocenters. The molecule has 4 N–H and O–H groups in total. The molecule has 0 saturated carbocycles. The second-order valence-corrected chi connectivity index (χ2v) is 2.69. The van der Waals surface area contributed by atoms with Gasteiger partial charge in [-0.15, -0.1) is 0 Å². The molecule has 0 heterocycles. The van der Waals surface area contributed by atoms with Crippen molar-refractivity contribution in [1.29, 1.82) is 0 Å². The fraction of sp³-hybridized carbons (Fsp3) is 0. The van der Waals surface area contributed by atoms with E-state index in [1.807, 2.05) is 0 Å². The molecule has 0 aromatic carbocycles. The van der Waals surface area contributed by atoms with Crippen LogP contribution in [0.1, 0.15) is 0 Å². The van der Waals surface area contributed by atoms with Crippen molar-refractivity contribution in [3.05, 3.63) is 0 Å². The van der Waals surface area contributed by atoms with Gasteiger partial charge in [-0.2, -0.15) is 16.8 Å². The van der Waals surface area contributed by atoms with E-state index in [9.17, 15) is 0 Å². The summed E-state index contributed by atoms with van der Waals surface area (Å²) in [6, 6.07) is 0. The van der Waals surface area contributed by atoms with Gasteiger partial charge in [0.2, 0.25) is 0 Å². The Morgan fingerprint density at radius 3 is 0.636 bits per heavy atom. The van der Waals surface area contributed by atoms with Crippen LogP contribution in [0.15, 0.2) is 0 Å². The minimum Gasteiger partial charge on any atom is -0.264 e. The summed E-state index contributed by atoms with van der Waals surface area (Å²) in [5.74, 6) is 0. The summed E-state index contributed by atoms with van der Waals surface area (Å²) in [7, 11) is -9.33. The molecular weight excluding hydrogens is 240 g/mol. The minimum atomic E-state index is -4.67. The first-order valence-electron chi connectivity index (χ1n) is 1.40. The van der Waals surface area contributed by atoms with E-state index >= 15 is 0 Å². The molecule has 0 aliphatic rings. The fourth-order valence-corrected chi connectivity index (χ4v) is 0. The maximum Gasteiger partial charge on any atom is 0.394 e. The van der Waals surface area contributed by atoms with Crippen molar-refractivity contribution in [2.45, 2.75) is 0 Å². The van der Waals surface area contributed by atoms with E-state index < -0.39 is 20.8 Å². The Morgan fingerprint density at radius 1 is 0.636 bits per heavy atom. The zero-order valence-electron chi connectivity index (χ0n) is 4.74. The van der Waals surface area contributed by atoms with Crippen LogP contribution in [0.5, 0.6) is 0 Å². The molecule has 11 heteroatoms. The smallest absolute Gasteiger partial charge is 0.264 e. The van der Waals surface area contributed by atoms with Gasteiger partial charge in [0.15, 0.2) is 0 Å². The van der Waals surface area contributed by atoms with Gasteiger partial charge in [0, 0.05) is 21.7 Å². The van der Waals surface area contributed by atoms with Gasteiger partial charge < -0.3 is 0 Å². The summed E-state index contributed by atoms with van der Waals surface area (Å²) < 4.78 is 63.2. The van der Waals surface area contributed by atoms with Crippen molar-refractivity contribution >= 4 is 20.8 Å². The fourth-order valence-electron chi connectivity index (χ4n) is 0. The van der Waals surface area contributed by atoms with Gasteiger partial charge in [-0.3, -0.25) is 18.2 Å². The van der Waals surface area contributed by atoms with E-state index in [2.05, 4.69) is 0 Å². The molecule has 0 bridgehead atoms. The van der Waals surface area contributed by atoms with Crippen LogP contribution >= 0.6 is 0 Å². The zero-order chi connectivity index (χ0) is 9.00. The third kappa shape index (κ3) is 3620. The molecule has 0 fully saturated rings. The maximum atomic E-state index is 8.74. The molecule has 0 aliphatic heterocycles. The molecule has 0 aromatic rings. The van der Waals surface area contributed by atoms with E-state index in [-0.39, 0.29) is 21.7 Å². The first-order chi connectivity index (χ1) is 4.00. The summed E-state index contributed by atoms with van der Waals surface area (Å²) in [6.07, 6.45) is 0. The Kier molecular flexibility index (Phi) is 9.59. The first kappa shape index (κ1) is 17.5. The molecule has 0 aliphatic carbocycles. The third-order valence-corrected chi connectivity index (χ3v) is 0. The van der Waals surface area contributed by atoms with E-state index in [0.29, 0.717) is 0 Å². The van der Waals surface area contributed by atoms with Crippen molar-refractivity contribution in [3.63, 3.8) is 0 Å². The standard InChI is InChI=1S/2H2O4S.Ti/c2*1-5(2,3)4;/h2*(H2,1,2,3,4);. The second-order valence-electron chi connectivity index (χ2n) is 0.896.